The fraction of sp³-hybridized carbons (Fsp3) is 1.00. The zero-order valence-corrected chi connectivity index (χ0v) is 8.43. The van der Waals surface area contributed by atoms with E-state index in [9.17, 15) is 5.11 Å². The van der Waals surface area contributed by atoms with E-state index in [2.05, 4.69) is 13.8 Å². The summed E-state index contributed by atoms with van der Waals surface area (Å²) in [7, 11) is 0. The van der Waals surface area contributed by atoms with Gasteiger partial charge < -0.3 is 10.8 Å². The quantitative estimate of drug-likeness (QED) is 0.673. The lowest BCUT2D eigenvalue weighted by Crippen LogP contribution is -2.46. The van der Waals surface area contributed by atoms with E-state index in [-0.39, 0.29) is 5.41 Å². The van der Waals surface area contributed by atoms with Crippen LogP contribution in [0.25, 0.3) is 0 Å². The summed E-state index contributed by atoms with van der Waals surface area (Å²) in [6.45, 7) is 6.80. The van der Waals surface area contributed by atoms with Crippen LogP contribution < -0.4 is 5.73 Å². The maximum atomic E-state index is 10.3. The number of nitrogens with two attached hydrogens (primary N) is 1. The molecule has 2 unspecified atom stereocenters. The van der Waals surface area contributed by atoms with Gasteiger partial charge in [-0.15, -0.1) is 0 Å². The predicted octanol–water partition coefficient (Wildman–Crippen LogP) is 1.52. The van der Waals surface area contributed by atoms with Crippen molar-refractivity contribution in [2.24, 2.45) is 17.1 Å². The average molecular weight is 171 g/mol. The fourth-order valence-corrected chi connectivity index (χ4v) is 1.99. The van der Waals surface area contributed by atoms with Gasteiger partial charge in [0.15, 0.2) is 0 Å². The lowest BCUT2D eigenvalue weighted by Gasteiger charge is -2.37. The molecule has 3 N–H and O–H groups in total. The third kappa shape index (κ3) is 1.27. The molecule has 0 heterocycles. The minimum absolute atomic E-state index is 0.0441. The first kappa shape index (κ1) is 10.0. The number of hydrogen-bond donors (Lipinski definition) is 2. The molecule has 12 heavy (non-hydrogen) atoms. The van der Waals surface area contributed by atoms with Gasteiger partial charge in [0, 0.05) is 12.0 Å². The van der Waals surface area contributed by atoms with Gasteiger partial charge in [-0.3, -0.25) is 0 Å². The van der Waals surface area contributed by atoms with Crippen LogP contribution in [0.2, 0.25) is 0 Å². The third-order valence-electron chi connectivity index (χ3n) is 3.89. The molecule has 1 rings (SSSR count). The van der Waals surface area contributed by atoms with Gasteiger partial charge in [-0.2, -0.15) is 0 Å². The summed E-state index contributed by atoms with van der Waals surface area (Å²) in [6.07, 6.45) is 3.22. The summed E-state index contributed by atoms with van der Waals surface area (Å²) in [4.78, 5) is 0. The molecule has 1 aliphatic carbocycles. The Morgan fingerprint density at radius 1 is 1.58 bits per heavy atom. The Morgan fingerprint density at radius 2 is 2.08 bits per heavy atom. The van der Waals surface area contributed by atoms with Crippen LogP contribution in [-0.2, 0) is 0 Å². The van der Waals surface area contributed by atoms with Crippen LogP contribution in [0.1, 0.15) is 40.0 Å². The second kappa shape index (κ2) is 3.00. The van der Waals surface area contributed by atoms with Crippen molar-refractivity contribution in [3.05, 3.63) is 0 Å². The van der Waals surface area contributed by atoms with Crippen molar-refractivity contribution in [3.8, 4) is 0 Å². The number of rotatable bonds is 4. The molecule has 0 amide bonds. The molecular formula is C10H21NO. The molecule has 0 aromatic heterocycles. The van der Waals surface area contributed by atoms with E-state index < -0.39 is 5.60 Å². The van der Waals surface area contributed by atoms with E-state index >= 15 is 0 Å². The van der Waals surface area contributed by atoms with Gasteiger partial charge in [0.2, 0.25) is 0 Å². The van der Waals surface area contributed by atoms with E-state index in [4.69, 9.17) is 5.73 Å². The first-order chi connectivity index (χ1) is 5.50. The largest absolute Gasteiger partial charge is 0.389 e. The van der Waals surface area contributed by atoms with Crippen molar-refractivity contribution in [3.63, 3.8) is 0 Å². The molecule has 0 aromatic rings. The highest BCUT2D eigenvalue weighted by Gasteiger charge is 2.56. The highest BCUT2D eigenvalue weighted by Crippen LogP contribution is 2.56. The molecule has 1 fully saturated rings. The fourth-order valence-electron chi connectivity index (χ4n) is 1.99. The standard InChI is InChI=1S/C10H21NO/c1-4-8(2)9(3,12)10(7-11)5-6-10/h8,12H,4-7,11H2,1-3H3. The van der Waals surface area contributed by atoms with Crippen LogP contribution >= 0.6 is 0 Å². The summed E-state index contributed by atoms with van der Waals surface area (Å²) in [5.74, 6) is 0.351. The van der Waals surface area contributed by atoms with Crippen molar-refractivity contribution in [2.45, 2.75) is 45.6 Å². The molecule has 0 radical (unpaired) electrons. The van der Waals surface area contributed by atoms with E-state index in [1.807, 2.05) is 6.92 Å². The van der Waals surface area contributed by atoms with Crippen LogP contribution in [0.3, 0.4) is 0 Å². The van der Waals surface area contributed by atoms with Crippen molar-refractivity contribution >= 4 is 0 Å². The van der Waals surface area contributed by atoms with Gasteiger partial charge in [-0.25, -0.2) is 0 Å². The molecule has 0 aromatic carbocycles. The molecule has 0 aliphatic heterocycles. The molecule has 0 bridgehead atoms. The normalized spacial score (nSPS) is 27.8. The van der Waals surface area contributed by atoms with E-state index in [0.717, 1.165) is 19.3 Å². The van der Waals surface area contributed by atoms with Crippen LogP contribution in [0.15, 0.2) is 0 Å². The zero-order chi connectivity index (χ0) is 9.41. The lowest BCUT2D eigenvalue weighted by atomic mass is 9.75. The zero-order valence-electron chi connectivity index (χ0n) is 8.43. The molecule has 2 nitrogen and oxygen atoms in total. The first-order valence-electron chi connectivity index (χ1n) is 4.92. The Hall–Kier alpha value is -0.0800. The maximum absolute atomic E-state index is 10.3. The van der Waals surface area contributed by atoms with Crippen LogP contribution in [0.5, 0.6) is 0 Å². The Kier molecular flexibility index (Phi) is 2.50. The first-order valence-corrected chi connectivity index (χ1v) is 4.92. The minimum Gasteiger partial charge on any atom is -0.389 e. The Bertz CT molecular complexity index is 161. The molecule has 1 saturated carbocycles. The predicted molar refractivity (Wildman–Crippen MR) is 50.8 cm³/mol. The highest BCUT2D eigenvalue weighted by atomic mass is 16.3. The maximum Gasteiger partial charge on any atom is 0.0713 e. The Labute approximate surface area is 75.2 Å². The van der Waals surface area contributed by atoms with Crippen molar-refractivity contribution in [1.82, 2.24) is 0 Å². The summed E-state index contributed by atoms with van der Waals surface area (Å²) >= 11 is 0. The van der Waals surface area contributed by atoms with Gasteiger partial charge in [0.05, 0.1) is 5.60 Å². The van der Waals surface area contributed by atoms with Gasteiger partial charge >= 0.3 is 0 Å². The summed E-state index contributed by atoms with van der Waals surface area (Å²) < 4.78 is 0. The van der Waals surface area contributed by atoms with Crippen LogP contribution in [0.4, 0.5) is 0 Å². The summed E-state index contributed by atoms with van der Waals surface area (Å²) in [5, 5.41) is 10.3. The van der Waals surface area contributed by atoms with E-state index in [1.165, 1.54) is 0 Å². The van der Waals surface area contributed by atoms with Gasteiger partial charge in [0.25, 0.3) is 0 Å². The molecule has 72 valence electrons. The summed E-state index contributed by atoms with van der Waals surface area (Å²) in [5.41, 5.74) is 5.17. The second-order valence-electron chi connectivity index (χ2n) is 4.44. The SMILES string of the molecule is CCC(C)C(C)(O)C1(CN)CC1. The Morgan fingerprint density at radius 3 is 2.33 bits per heavy atom. The Balaban J connectivity index is 2.70. The number of hydrogen-bond acceptors (Lipinski definition) is 2. The molecule has 2 heteroatoms. The summed E-state index contributed by atoms with van der Waals surface area (Å²) in [6, 6.07) is 0. The van der Waals surface area contributed by atoms with Crippen molar-refractivity contribution in [2.75, 3.05) is 6.54 Å². The third-order valence-corrected chi connectivity index (χ3v) is 3.89. The minimum atomic E-state index is -0.559. The smallest absolute Gasteiger partial charge is 0.0713 e. The van der Waals surface area contributed by atoms with E-state index in [0.29, 0.717) is 12.5 Å². The van der Waals surface area contributed by atoms with Crippen molar-refractivity contribution in [1.29, 1.82) is 0 Å². The second-order valence-corrected chi connectivity index (χ2v) is 4.44. The molecule has 2 atom stereocenters. The monoisotopic (exact) mass is 171 g/mol. The van der Waals surface area contributed by atoms with Crippen molar-refractivity contribution < 1.29 is 5.11 Å². The molecular weight excluding hydrogens is 150 g/mol. The van der Waals surface area contributed by atoms with Crippen LogP contribution in [0, 0.1) is 11.3 Å². The van der Waals surface area contributed by atoms with Gasteiger partial charge in [-0.05, 0) is 25.7 Å². The topological polar surface area (TPSA) is 46.2 Å². The lowest BCUT2D eigenvalue weighted by molar-refractivity contribution is -0.0590. The molecule has 0 saturated heterocycles. The molecule has 0 spiro atoms. The highest BCUT2D eigenvalue weighted by molar-refractivity contribution is 5.08. The number of aliphatic hydroxyl groups is 1. The average Bonchev–Trinajstić information content (AvgIpc) is 2.83. The van der Waals surface area contributed by atoms with Crippen LogP contribution in [-0.4, -0.2) is 17.3 Å². The van der Waals surface area contributed by atoms with E-state index in [1.54, 1.807) is 0 Å². The molecule has 1 aliphatic rings. The van der Waals surface area contributed by atoms with Gasteiger partial charge in [-0.1, -0.05) is 20.3 Å². The van der Waals surface area contributed by atoms with Gasteiger partial charge in [0.1, 0.15) is 0 Å².